The number of nitrogens with zero attached hydrogens (tertiary/aromatic N) is 2. The van der Waals surface area contributed by atoms with Gasteiger partial charge >= 0.3 is 0 Å². The van der Waals surface area contributed by atoms with Gasteiger partial charge < -0.3 is 10.0 Å². The van der Waals surface area contributed by atoms with Crippen molar-refractivity contribution in [3.8, 4) is 6.07 Å². The van der Waals surface area contributed by atoms with Gasteiger partial charge in [0, 0.05) is 18.0 Å². The zero-order chi connectivity index (χ0) is 13.9. The van der Waals surface area contributed by atoms with Crippen molar-refractivity contribution in [2.45, 2.75) is 37.2 Å². The fourth-order valence-electron chi connectivity index (χ4n) is 2.60. The molecule has 0 aliphatic carbocycles. The van der Waals surface area contributed by atoms with Gasteiger partial charge in [-0.1, -0.05) is 13.0 Å². The fourth-order valence-corrected chi connectivity index (χ4v) is 3.38. The maximum Gasteiger partial charge on any atom is 0.103 e. The molecule has 4 heteroatoms. The van der Waals surface area contributed by atoms with Crippen LogP contribution < -0.4 is 4.90 Å². The monoisotopic (exact) mass is 276 g/mol. The molecule has 3 nitrogen and oxygen atoms in total. The second-order valence-electron chi connectivity index (χ2n) is 5.22. The van der Waals surface area contributed by atoms with Crippen LogP contribution in [0.15, 0.2) is 23.1 Å². The summed E-state index contributed by atoms with van der Waals surface area (Å²) in [5.41, 5.74) is 1.05. The molecule has 2 rings (SSSR count). The Kier molecular flexibility index (Phi) is 4.38. The van der Waals surface area contributed by atoms with Crippen LogP contribution in [0.5, 0.6) is 0 Å². The van der Waals surface area contributed by atoms with E-state index in [1.807, 2.05) is 25.1 Å². The molecule has 1 saturated heterocycles. The number of piperidine rings is 1. The fraction of sp³-hybridized carbons (Fsp3) is 0.533. The SMILES string of the molecule is CCSc1cccc(N2CCCC(C)(O)C2)c1C#N. The van der Waals surface area contributed by atoms with Gasteiger partial charge in [0.1, 0.15) is 6.07 Å². The third-order valence-corrected chi connectivity index (χ3v) is 4.37. The van der Waals surface area contributed by atoms with Gasteiger partial charge in [-0.15, -0.1) is 11.8 Å². The largest absolute Gasteiger partial charge is 0.388 e. The number of benzene rings is 1. The molecule has 1 aromatic rings. The van der Waals surface area contributed by atoms with Gasteiger partial charge in [-0.25, -0.2) is 0 Å². The molecule has 1 atom stereocenters. The van der Waals surface area contributed by atoms with Gasteiger partial charge in [0.15, 0.2) is 0 Å². The Labute approximate surface area is 119 Å². The zero-order valence-corrected chi connectivity index (χ0v) is 12.3. The van der Waals surface area contributed by atoms with Crippen molar-refractivity contribution in [3.63, 3.8) is 0 Å². The van der Waals surface area contributed by atoms with Crippen molar-refractivity contribution in [1.82, 2.24) is 0 Å². The molecule has 1 aliphatic rings. The average molecular weight is 276 g/mol. The molecule has 0 aromatic heterocycles. The third kappa shape index (κ3) is 3.23. The molecule has 0 saturated carbocycles. The summed E-state index contributed by atoms with van der Waals surface area (Å²) in [6.07, 6.45) is 1.79. The Morgan fingerprint density at radius 1 is 1.53 bits per heavy atom. The lowest BCUT2D eigenvalue weighted by atomic mass is 9.94. The van der Waals surface area contributed by atoms with Crippen molar-refractivity contribution in [2.75, 3.05) is 23.7 Å². The first-order valence-corrected chi connectivity index (χ1v) is 7.69. The van der Waals surface area contributed by atoms with E-state index >= 15 is 0 Å². The van der Waals surface area contributed by atoms with Gasteiger partial charge in [-0.05, 0) is 37.7 Å². The second kappa shape index (κ2) is 5.85. The molecule has 0 amide bonds. The molecule has 1 aliphatic heterocycles. The van der Waals surface area contributed by atoms with E-state index in [-0.39, 0.29) is 0 Å². The van der Waals surface area contributed by atoms with Crippen LogP contribution >= 0.6 is 11.8 Å². The molecule has 19 heavy (non-hydrogen) atoms. The molecular weight excluding hydrogens is 256 g/mol. The van der Waals surface area contributed by atoms with E-state index in [1.165, 1.54) is 0 Å². The minimum absolute atomic E-state index is 0.599. The second-order valence-corrected chi connectivity index (χ2v) is 6.52. The summed E-state index contributed by atoms with van der Waals surface area (Å²) in [6, 6.07) is 8.31. The van der Waals surface area contributed by atoms with E-state index in [0.29, 0.717) is 6.54 Å². The van der Waals surface area contributed by atoms with Crippen LogP contribution in [0.25, 0.3) is 0 Å². The van der Waals surface area contributed by atoms with Crippen LogP contribution in [0.3, 0.4) is 0 Å². The summed E-state index contributed by atoms with van der Waals surface area (Å²) in [5, 5.41) is 19.6. The van der Waals surface area contributed by atoms with E-state index in [9.17, 15) is 10.4 Å². The summed E-state index contributed by atoms with van der Waals surface area (Å²) in [6.45, 7) is 5.47. The van der Waals surface area contributed by atoms with Gasteiger partial charge in [0.05, 0.1) is 16.9 Å². The lowest BCUT2D eigenvalue weighted by Crippen LogP contribution is -2.46. The minimum atomic E-state index is -0.654. The molecule has 0 spiro atoms. The summed E-state index contributed by atoms with van der Waals surface area (Å²) >= 11 is 1.69. The van der Waals surface area contributed by atoms with Crippen molar-refractivity contribution in [3.05, 3.63) is 23.8 Å². The van der Waals surface area contributed by atoms with Gasteiger partial charge in [0.2, 0.25) is 0 Å². The lowest BCUT2D eigenvalue weighted by molar-refractivity contribution is 0.0449. The summed E-state index contributed by atoms with van der Waals surface area (Å²) in [5.74, 6) is 0.954. The van der Waals surface area contributed by atoms with Crippen molar-refractivity contribution < 1.29 is 5.11 Å². The number of hydrogen-bond donors (Lipinski definition) is 1. The molecular formula is C15H20N2OS. The standard InChI is InChI=1S/C15H20N2OS/c1-3-19-14-7-4-6-13(12(14)10-16)17-9-5-8-15(2,18)11-17/h4,6-7,18H,3,5,8-9,11H2,1-2H3. The smallest absolute Gasteiger partial charge is 0.103 e. The zero-order valence-electron chi connectivity index (χ0n) is 11.5. The third-order valence-electron chi connectivity index (χ3n) is 3.43. The van der Waals surface area contributed by atoms with E-state index in [0.717, 1.165) is 41.3 Å². The van der Waals surface area contributed by atoms with Crippen LogP contribution in [-0.2, 0) is 0 Å². The van der Waals surface area contributed by atoms with Crippen molar-refractivity contribution in [2.24, 2.45) is 0 Å². The van der Waals surface area contributed by atoms with Crippen LogP contribution in [-0.4, -0.2) is 29.5 Å². The highest BCUT2D eigenvalue weighted by Crippen LogP contribution is 2.33. The highest BCUT2D eigenvalue weighted by atomic mass is 32.2. The van der Waals surface area contributed by atoms with E-state index in [2.05, 4.69) is 17.9 Å². The number of aliphatic hydroxyl groups is 1. The van der Waals surface area contributed by atoms with Crippen LogP contribution in [0.4, 0.5) is 5.69 Å². The first-order chi connectivity index (χ1) is 9.07. The molecule has 102 valence electrons. The summed E-state index contributed by atoms with van der Waals surface area (Å²) < 4.78 is 0. The Morgan fingerprint density at radius 2 is 2.32 bits per heavy atom. The number of nitriles is 1. The number of anilines is 1. The minimum Gasteiger partial charge on any atom is -0.388 e. The van der Waals surface area contributed by atoms with Crippen LogP contribution in [0.2, 0.25) is 0 Å². The molecule has 1 fully saturated rings. The number of β-amino-alcohol motifs (C(OH)–C–C–N with tert-alkyl or cyclic N) is 1. The maximum absolute atomic E-state index is 10.2. The Morgan fingerprint density at radius 3 is 2.95 bits per heavy atom. The average Bonchev–Trinajstić information content (AvgIpc) is 2.37. The molecule has 0 radical (unpaired) electrons. The van der Waals surface area contributed by atoms with Gasteiger partial charge in [0.25, 0.3) is 0 Å². The quantitative estimate of drug-likeness (QED) is 0.862. The predicted octanol–water partition coefficient (Wildman–Crippen LogP) is 3.02. The molecule has 1 unspecified atom stereocenters. The molecule has 0 bridgehead atoms. The van der Waals surface area contributed by atoms with E-state index in [1.54, 1.807) is 11.8 Å². The number of thioether (sulfide) groups is 1. The van der Waals surface area contributed by atoms with Gasteiger partial charge in [-0.2, -0.15) is 5.26 Å². The van der Waals surface area contributed by atoms with Crippen molar-refractivity contribution in [1.29, 1.82) is 5.26 Å². The van der Waals surface area contributed by atoms with Gasteiger partial charge in [-0.3, -0.25) is 0 Å². The van der Waals surface area contributed by atoms with E-state index < -0.39 is 5.60 Å². The molecule has 1 heterocycles. The molecule has 1 N–H and O–H groups in total. The normalized spacial score (nSPS) is 23.2. The Bertz CT molecular complexity index is 493. The number of hydrogen-bond acceptors (Lipinski definition) is 4. The first kappa shape index (κ1) is 14.2. The lowest BCUT2D eigenvalue weighted by Gasteiger charge is -2.38. The maximum atomic E-state index is 10.2. The number of rotatable bonds is 3. The summed E-state index contributed by atoms with van der Waals surface area (Å²) in [7, 11) is 0. The topological polar surface area (TPSA) is 47.3 Å². The Hall–Kier alpha value is -1.18. The Balaban J connectivity index is 2.34. The highest BCUT2D eigenvalue weighted by Gasteiger charge is 2.29. The van der Waals surface area contributed by atoms with Crippen LogP contribution in [0, 0.1) is 11.3 Å². The molecule has 1 aromatic carbocycles. The van der Waals surface area contributed by atoms with Crippen LogP contribution in [0.1, 0.15) is 32.3 Å². The predicted molar refractivity (Wildman–Crippen MR) is 79.6 cm³/mol. The van der Waals surface area contributed by atoms with Crippen molar-refractivity contribution >= 4 is 17.4 Å². The highest BCUT2D eigenvalue weighted by molar-refractivity contribution is 7.99. The van der Waals surface area contributed by atoms with E-state index in [4.69, 9.17) is 0 Å². The first-order valence-electron chi connectivity index (χ1n) is 6.70. The summed E-state index contributed by atoms with van der Waals surface area (Å²) in [4.78, 5) is 3.18.